The van der Waals surface area contributed by atoms with Crippen LogP contribution >= 0.6 is 0 Å². The third-order valence-electron chi connectivity index (χ3n) is 2.06. The van der Waals surface area contributed by atoms with Crippen LogP contribution in [0.25, 0.3) is 21.9 Å². The van der Waals surface area contributed by atoms with E-state index in [1.807, 2.05) is 12.1 Å². The maximum Gasteiger partial charge on any atom is 0.0996 e. The van der Waals surface area contributed by atoms with Crippen LogP contribution in [0.3, 0.4) is 0 Å². The van der Waals surface area contributed by atoms with Gasteiger partial charge >= 0.3 is 0 Å². The molecule has 0 spiro atoms. The van der Waals surface area contributed by atoms with E-state index in [4.69, 9.17) is 0 Å². The van der Waals surface area contributed by atoms with Gasteiger partial charge in [0, 0.05) is 17.8 Å². The van der Waals surface area contributed by atoms with E-state index in [0.717, 1.165) is 21.9 Å². The van der Waals surface area contributed by atoms with Crippen LogP contribution in [0, 0.1) is 0 Å². The van der Waals surface area contributed by atoms with Gasteiger partial charge in [-0.2, -0.15) is 5.10 Å². The van der Waals surface area contributed by atoms with Crippen LogP contribution < -0.4 is 0 Å². The Kier molecular flexibility index (Phi) is 1.14. The molecule has 0 saturated heterocycles. The number of nitrogens with one attached hydrogen (secondary N) is 1. The Hall–Kier alpha value is -1.97. The van der Waals surface area contributed by atoms with Crippen molar-refractivity contribution in [2.75, 3.05) is 0 Å². The number of aromatic amines is 1. The molecule has 3 rings (SSSR count). The van der Waals surface area contributed by atoms with Crippen LogP contribution in [0.4, 0.5) is 0 Å². The summed E-state index contributed by atoms with van der Waals surface area (Å²) in [5.74, 6) is 0. The minimum Gasteiger partial charge on any atom is -0.278 e. The van der Waals surface area contributed by atoms with E-state index in [2.05, 4.69) is 20.2 Å². The average Bonchev–Trinajstić information content (AvgIpc) is 2.65. The van der Waals surface area contributed by atoms with Gasteiger partial charge in [-0.15, -0.1) is 0 Å². The summed E-state index contributed by atoms with van der Waals surface area (Å²) in [5.41, 5.74) is 2.79. The molecule has 0 aliphatic heterocycles. The summed E-state index contributed by atoms with van der Waals surface area (Å²) >= 11 is 0. The first-order valence-electron chi connectivity index (χ1n) is 3.98. The summed E-state index contributed by atoms with van der Waals surface area (Å²) in [5, 5.41) is 7.87. The molecule has 0 saturated carbocycles. The fraction of sp³-hybridized carbons (Fsp3) is 0. The lowest BCUT2D eigenvalue weighted by atomic mass is 10.2. The van der Waals surface area contributed by atoms with Crippen molar-refractivity contribution in [3.8, 4) is 0 Å². The molecule has 0 unspecified atom stereocenters. The average molecular weight is 170 g/mol. The molecule has 2 aromatic heterocycles. The zero-order valence-electron chi connectivity index (χ0n) is 6.73. The highest BCUT2D eigenvalue weighted by Gasteiger charge is 2.02. The van der Waals surface area contributed by atoms with E-state index in [1.54, 1.807) is 18.6 Å². The summed E-state index contributed by atoms with van der Waals surface area (Å²) in [6, 6.07) is 3.89. The van der Waals surface area contributed by atoms with E-state index in [-0.39, 0.29) is 0 Å². The topological polar surface area (TPSA) is 54.5 Å². The maximum atomic E-state index is 4.26. The molecule has 13 heavy (non-hydrogen) atoms. The number of hydrogen-bond donors (Lipinski definition) is 1. The summed E-state index contributed by atoms with van der Waals surface area (Å²) in [6.07, 6.45) is 5.15. The number of hydrogen-bond acceptors (Lipinski definition) is 3. The highest BCUT2D eigenvalue weighted by Crippen LogP contribution is 2.19. The molecular formula is C9H6N4. The molecule has 0 aliphatic rings. The third kappa shape index (κ3) is 0.823. The van der Waals surface area contributed by atoms with Crippen molar-refractivity contribution in [2.45, 2.75) is 0 Å². The second kappa shape index (κ2) is 2.26. The Morgan fingerprint density at radius 3 is 3.00 bits per heavy atom. The molecule has 0 radical (unpaired) electrons. The number of aromatic nitrogens is 4. The number of fused-ring (bicyclic) bond motifs is 3. The van der Waals surface area contributed by atoms with Gasteiger partial charge in [0.15, 0.2) is 0 Å². The first-order chi connectivity index (χ1) is 6.45. The Morgan fingerprint density at radius 2 is 2.00 bits per heavy atom. The molecule has 62 valence electrons. The predicted octanol–water partition coefficient (Wildman–Crippen LogP) is 1.51. The Morgan fingerprint density at radius 1 is 1.08 bits per heavy atom. The van der Waals surface area contributed by atoms with Gasteiger partial charge in [0.05, 0.1) is 22.7 Å². The quantitative estimate of drug-likeness (QED) is 0.556. The van der Waals surface area contributed by atoms with Gasteiger partial charge in [0.25, 0.3) is 0 Å². The summed E-state index contributed by atoms with van der Waals surface area (Å²) < 4.78 is 0. The van der Waals surface area contributed by atoms with E-state index in [0.29, 0.717) is 0 Å². The van der Waals surface area contributed by atoms with Crippen molar-refractivity contribution in [3.05, 3.63) is 30.7 Å². The molecule has 0 fully saturated rings. The van der Waals surface area contributed by atoms with Crippen molar-refractivity contribution in [3.63, 3.8) is 0 Å². The van der Waals surface area contributed by atoms with Gasteiger partial charge in [-0.05, 0) is 12.1 Å². The molecule has 1 aromatic carbocycles. The Balaban J connectivity index is 2.65. The lowest BCUT2D eigenvalue weighted by Gasteiger charge is -1.94. The molecular weight excluding hydrogens is 164 g/mol. The zero-order valence-corrected chi connectivity index (χ0v) is 6.73. The van der Waals surface area contributed by atoms with Gasteiger partial charge in [0.2, 0.25) is 0 Å². The monoisotopic (exact) mass is 170 g/mol. The second-order valence-electron chi connectivity index (χ2n) is 2.82. The van der Waals surface area contributed by atoms with Crippen LogP contribution in [0.15, 0.2) is 30.7 Å². The van der Waals surface area contributed by atoms with E-state index >= 15 is 0 Å². The van der Waals surface area contributed by atoms with Crippen molar-refractivity contribution >= 4 is 21.9 Å². The van der Waals surface area contributed by atoms with Gasteiger partial charge in [-0.25, -0.2) is 0 Å². The highest BCUT2D eigenvalue weighted by atomic mass is 15.1. The lowest BCUT2D eigenvalue weighted by Crippen LogP contribution is -1.81. The van der Waals surface area contributed by atoms with Crippen LogP contribution in [0.1, 0.15) is 0 Å². The summed E-state index contributed by atoms with van der Waals surface area (Å²) in [7, 11) is 0. The molecule has 0 bridgehead atoms. The Labute approximate surface area is 73.6 Å². The van der Waals surface area contributed by atoms with Crippen molar-refractivity contribution in [1.29, 1.82) is 0 Å². The molecule has 0 aliphatic carbocycles. The number of rotatable bonds is 0. The molecule has 0 atom stereocenters. The fourth-order valence-electron chi connectivity index (χ4n) is 1.45. The normalized spacial score (nSPS) is 11.1. The van der Waals surface area contributed by atoms with Crippen LogP contribution in [-0.2, 0) is 0 Å². The number of benzene rings is 1. The van der Waals surface area contributed by atoms with Crippen LogP contribution in [-0.4, -0.2) is 20.2 Å². The first kappa shape index (κ1) is 6.54. The van der Waals surface area contributed by atoms with Crippen LogP contribution in [0.2, 0.25) is 0 Å². The van der Waals surface area contributed by atoms with Gasteiger partial charge in [-0.3, -0.25) is 15.1 Å². The largest absolute Gasteiger partial charge is 0.278 e. The molecule has 1 N–H and O–H groups in total. The van der Waals surface area contributed by atoms with Crippen molar-refractivity contribution in [2.24, 2.45) is 0 Å². The molecule has 4 nitrogen and oxygen atoms in total. The van der Waals surface area contributed by atoms with Gasteiger partial charge in [0.1, 0.15) is 0 Å². The number of H-pyrrole nitrogens is 1. The first-order valence-corrected chi connectivity index (χ1v) is 3.98. The highest BCUT2D eigenvalue weighted by molar-refractivity contribution is 6.01. The van der Waals surface area contributed by atoms with Crippen LogP contribution in [0.5, 0.6) is 0 Å². The summed E-state index contributed by atoms with van der Waals surface area (Å²) in [6.45, 7) is 0. The predicted molar refractivity (Wildman–Crippen MR) is 49.2 cm³/mol. The lowest BCUT2D eigenvalue weighted by molar-refractivity contribution is 1.12. The molecule has 4 heteroatoms. The van der Waals surface area contributed by atoms with E-state index < -0.39 is 0 Å². The second-order valence-corrected chi connectivity index (χ2v) is 2.82. The smallest absolute Gasteiger partial charge is 0.0996 e. The standard InChI is InChI=1S/C9H6N4/c1-2-8-9(11-4-3-10-8)6-5-12-13-7(1)6/h1-5H,(H,12,13). The number of nitrogens with zero attached hydrogens (tertiary/aromatic N) is 3. The van der Waals surface area contributed by atoms with Gasteiger partial charge < -0.3 is 0 Å². The minimum atomic E-state index is 0.897. The Bertz CT molecular complexity index is 570. The van der Waals surface area contributed by atoms with E-state index in [1.165, 1.54) is 0 Å². The fourth-order valence-corrected chi connectivity index (χ4v) is 1.45. The molecule has 2 heterocycles. The zero-order chi connectivity index (χ0) is 8.67. The maximum absolute atomic E-state index is 4.26. The SMILES string of the molecule is c1cnc2c(ccc3[nH]ncc32)n1. The third-order valence-corrected chi connectivity index (χ3v) is 2.06. The summed E-state index contributed by atoms with van der Waals surface area (Å²) in [4.78, 5) is 8.47. The van der Waals surface area contributed by atoms with E-state index in [9.17, 15) is 0 Å². The molecule has 3 aromatic rings. The molecule has 0 amide bonds. The van der Waals surface area contributed by atoms with Crippen molar-refractivity contribution in [1.82, 2.24) is 20.2 Å². The van der Waals surface area contributed by atoms with Gasteiger partial charge in [-0.1, -0.05) is 0 Å². The van der Waals surface area contributed by atoms with Crippen molar-refractivity contribution < 1.29 is 0 Å². The minimum absolute atomic E-state index is 0.897.